The molecule has 1 aliphatic heterocycles. The number of fused-ring (bicyclic) bond motifs is 1. The van der Waals surface area contributed by atoms with Crippen molar-refractivity contribution in [2.45, 2.75) is 13.0 Å². The Morgan fingerprint density at radius 1 is 1.03 bits per heavy atom. The van der Waals surface area contributed by atoms with Crippen LogP contribution >= 0.6 is 0 Å². The molecular formula is C21H20N6O2S. The van der Waals surface area contributed by atoms with E-state index in [1.54, 1.807) is 4.52 Å². The number of benzene rings is 2. The van der Waals surface area contributed by atoms with Crippen LogP contribution in [0.3, 0.4) is 0 Å². The summed E-state index contributed by atoms with van der Waals surface area (Å²) in [5.41, 5.74) is 3.47. The second-order valence-corrected chi connectivity index (χ2v) is 9.14. The lowest BCUT2D eigenvalue weighted by molar-refractivity contribution is 0.599. The van der Waals surface area contributed by atoms with Gasteiger partial charge in [0.25, 0.3) is 5.78 Å². The Hall–Kier alpha value is -3.46. The lowest BCUT2D eigenvalue weighted by atomic mass is 10.1. The van der Waals surface area contributed by atoms with Gasteiger partial charge in [0.05, 0.1) is 17.1 Å². The summed E-state index contributed by atoms with van der Waals surface area (Å²) in [4.78, 5) is 8.81. The maximum absolute atomic E-state index is 12.2. The van der Waals surface area contributed by atoms with E-state index in [1.165, 1.54) is 10.6 Å². The zero-order valence-corrected chi connectivity index (χ0v) is 17.0. The molecule has 9 heteroatoms. The van der Waals surface area contributed by atoms with Crippen molar-refractivity contribution in [3.8, 4) is 11.3 Å². The molecule has 0 aliphatic carbocycles. The van der Waals surface area contributed by atoms with Gasteiger partial charge in [-0.3, -0.25) is 4.31 Å². The molecule has 5 rings (SSSR count). The minimum atomic E-state index is -3.20. The van der Waals surface area contributed by atoms with E-state index in [-0.39, 0.29) is 5.75 Å². The van der Waals surface area contributed by atoms with E-state index in [4.69, 9.17) is 0 Å². The maximum atomic E-state index is 12.2. The summed E-state index contributed by atoms with van der Waals surface area (Å²) in [5.74, 6) is 1.48. The molecule has 8 nitrogen and oxygen atoms in total. The first-order valence-electron chi connectivity index (χ1n) is 9.70. The normalized spacial score (nSPS) is 15.5. The van der Waals surface area contributed by atoms with Crippen LogP contribution in [-0.2, 0) is 16.6 Å². The Bertz CT molecular complexity index is 1300. The van der Waals surface area contributed by atoms with Crippen molar-refractivity contribution in [3.63, 3.8) is 0 Å². The lowest BCUT2D eigenvalue weighted by Crippen LogP contribution is -2.25. The minimum Gasteiger partial charge on any atom is -0.366 e. The number of nitrogens with one attached hydrogen (secondary N) is 1. The number of anilines is 2. The molecule has 0 amide bonds. The highest BCUT2D eigenvalue weighted by molar-refractivity contribution is 7.93. The number of rotatable bonds is 5. The Morgan fingerprint density at radius 2 is 1.90 bits per heavy atom. The molecule has 0 saturated carbocycles. The molecule has 3 heterocycles. The molecule has 0 spiro atoms. The van der Waals surface area contributed by atoms with Crippen LogP contribution in [0, 0.1) is 0 Å². The number of hydrogen-bond donors (Lipinski definition) is 1. The van der Waals surface area contributed by atoms with E-state index in [9.17, 15) is 8.42 Å². The zero-order valence-electron chi connectivity index (χ0n) is 16.1. The fourth-order valence-corrected chi connectivity index (χ4v) is 5.19. The summed E-state index contributed by atoms with van der Waals surface area (Å²) in [5, 5.41) is 7.65. The third-order valence-electron chi connectivity index (χ3n) is 5.09. The van der Waals surface area contributed by atoms with Gasteiger partial charge in [0, 0.05) is 24.7 Å². The van der Waals surface area contributed by atoms with Gasteiger partial charge in [0.2, 0.25) is 10.0 Å². The molecule has 30 heavy (non-hydrogen) atoms. The molecule has 2 aromatic carbocycles. The van der Waals surface area contributed by atoms with Crippen molar-refractivity contribution in [1.29, 1.82) is 0 Å². The molecule has 0 atom stereocenters. The van der Waals surface area contributed by atoms with Crippen LogP contribution in [0.5, 0.6) is 0 Å². The lowest BCUT2D eigenvalue weighted by Gasteiger charge is -2.18. The van der Waals surface area contributed by atoms with Crippen LogP contribution in [0.4, 0.5) is 11.5 Å². The van der Waals surface area contributed by atoms with Gasteiger partial charge in [0.1, 0.15) is 12.1 Å². The van der Waals surface area contributed by atoms with Crippen LogP contribution < -0.4 is 9.62 Å². The van der Waals surface area contributed by atoms with Crippen molar-refractivity contribution in [2.24, 2.45) is 0 Å². The van der Waals surface area contributed by atoms with Crippen molar-refractivity contribution < 1.29 is 8.42 Å². The van der Waals surface area contributed by atoms with Crippen LogP contribution in [0.1, 0.15) is 12.0 Å². The number of hydrogen-bond acceptors (Lipinski definition) is 6. The number of aromatic nitrogens is 4. The smallest absolute Gasteiger partial charge is 0.254 e. The molecule has 2 aromatic heterocycles. The summed E-state index contributed by atoms with van der Waals surface area (Å²) in [6.45, 7) is 1.04. The van der Waals surface area contributed by atoms with Gasteiger partial charge >= 0.3 is 0 Å². The van der Waals surface area contributed by atoms with Crippen molar-refractivity contribution >= 4 is 27.3 Å². The average molecular weight is 420 g/mol. The predicted octanol–water partition coefficient (Wildman–Crippen LogP) is 2.94. The summed E-state index contributed by atoms with van der Waals surface area (Å²) >= 11 is 0. The molecule has 152 valence electrons. The van der Waals surface area contributed by atoms with E-state index in [1.807, 2.05) is 60.7 Å². The summed E-state index contributed by atoms with van der Waals surface area (Å²) in [6.07, 6.45) is 2.13. The van der Waals surface area contributed by atoms with Crippen molar-refractivity contribution in [3.05, 3.63) is 72.6 Å². The fraction of sp³-hybridized carbons (Fsp3) is 0.190. The second-order valence-electron chi connectivity index (χ2n) is 7.13. The molecular weight excluding hydrogens is 400 g/mol. The first kappa shape index (κ1) is 18.6. The Morgan fingerprint density at radius 3 is 2.70 bits per heavy atom. The Balaban J connectivity index is 1.43. The third-order valence-corrected chi connectivity index (χ3v) is 6.96. The van der Waals surface area contributed by atoms with E-state index in [0.29, 0.717) is 31.0 Å². The molecule has 4 aromatic rings. The van der Waals surface area contributed by atoms with Gasteiger partial charge in [-0.2, -0.15) is 14.6 Å². The minimum absolute atomic E-state index is 0.207. The van der Waals surface area contributed by atoms with Gasteiger partial charge in [-0.1, -0.05) is 42.5 Å². The average Bonchev–Trinajstić information content (AvgIpc) is 3.38. The number of nitrogens with zero attached hydrogens (tertiary/aromatic N) is 5. The van der Waals surface area contributed by atoms with E-state index >= 15 is 0 Å². The summed E-state index contributed by atoms with van der Waals surface area (Å²) in [7, 11) is -3.20. The molecule has 0 bridgehead atoms. The Labute approximate surface area is 174 Å². The van der Waals surface area contributed by atoms with Gasteiger partial charge in [-0.15, -0.1) is 0 Å². The summed E-state index contributed by atoms with van der Waals surface area (Å²) in [6, 6.07) is 19.4. The van der Waals surface area contributed by atoms with E-state index in [2.05, 4.69) is 20.4 Å². The van der Waals surface area contributed by atoms with Gasteiger partial charge in [0.15, 0.2) is 0 Å². The zero-order chi connectivity index (χ0) is 20.6. The quantitative estimate of drug-likeness (QED) is 0.534. The monoisotopic (exact) mass is 420 g/mol. The van der Waals surface area contributed by atoms with Crippen LogP contribution in [0.2, 0.25) is 0 Å². The highest BCUT2D eigenvalue weighted by Gasteiger charge is 2.28. The van der Waals surface area contributed by atoms with Crippen molar-refractivity contribution in [1.82, 2.24) is 19.6 Å². The highest BCUT2D eigenvalue weighted by atomic mass is 32.2. The molecule has 1 saturated heterocycles. The van der Waals surface area contributed by atoms with E-state index < -0.39 is 10.0 Å². The molecule has 0 radical (unpaired) electrons. The largest absolute Gasteiger partial charge is 0.366 e. The van der Waals surface area contributed by atoms with Crippen LogP contribution in [-0.4, -0.2) is 40.3 Å². The fourth-order valence-electron chi connectivity index (χ4n) is 3.64. The predicted molar refractivity (Wildman–Crippen MR) is 116 cm³/mol. The molecule has 0 unspecified atom stereocenters. The summed E-state index contributed by atoms with van der Waals surface area (Å²) < 4.78 is 27.6. The SMILES string of the molecule is O=S1(=O)CCCN1c1cccc(CNc2cc(-c3ccccc3)nc3ncnn23)c1. The topological polar surface area (TPSA) is 92.5 Å². The van der Waals surface area contributed by atoms with Crippen LogP contribution in [0.15, 0.2) is 67.0 Å². The Kier molecular flexibility index (Phi) is 4.59. The second kappa shape index (κ2) is 7.42. The number of sulfonamides is 1. The first-order valence-corrected chi connectivity index (χ1v) is 11.3. The van der Waals surface area contributed by atoms with Gasteiger partial charge < -0.3 is 5.32 Å². The standard InChI is InChI=1S/C21H20N6O2S/c28-30(29)11-5-10-26(30)18-9-4-6-16(12-18)14-22-20-13-19(17-7-2-1-3-8-17)25-21-23-15-24-27(20)21/h1-4,6-9,12-13,15,22H,5,10-11,14H2. The van der Waals surface area contributed by atoms with Gasteiger partial charge in [-0.25, -0.2) is 13.4 Å². The maximum Gasteiger partial charge on any atom is 0.254 e. The molecule has 1 N–H and O–H groups in total. The van der Waals surface area contributed by atoms with Crippen LogP contribution in [0.25, 0.3) is 17.0 Å². The highest BCUT2D eigenvalue weighted by Crippen LogP contribution is 2.26. The molecule has 1 aliphatic rings. The van der Waals surface area contributed by atoms with Gasteiger partial charge in [-0.05, 0) is 24.1 Å². The molecule has 1 fully saturated rings. The van der Waals surface area contributed by atoms with E-state index in [0.717, 1.165) is 22.6 Å². The third kappa shape index (κ3) is 3.48. The first-order chi connectivity index (χ1) is 14.6. The van der Waals surface area contributed by atoms with Crippen molar-refractivity contribution in [2.75, 3.05) is 21.9 Å².